The van der Waals surface area contributed by atoms with Gasteiger partial charge in [0.15, 0.2) is 0 Å². The molecule has 2 amide bonds. The summed E-state index contributed by atoms with van der Waals surface area (Å²) in [5.74, 6) is -0.524. The van der Waals surface area contributed by atoms with Gasteiger partial charge in [-0.3, -0.25) is 4.79 Å². The smallest absolute Gasteiger partial charge is 0.444 e. The Morgan fingerprint density at radius 1 is 1.23 bits per heavy atom. The molecule has 1 fully saturated rings. The Morgan fingerprint density at radius 2 is 1.87 bits per heavy atom. The first-order chi connectivity index (χ1) is 13.8. The van der Waals surface area contributed by atoms with Crippen LogP contribution < -0.4 is 10.1 Å². The molecule has 1 heterocycles. The van der Waals surface area contributed by atoms with E-state index in [1.54, 1.807) is 32.6 Å². The molecule has 0 aromatic heterocycles. The summed E-state index contributed by atoms with van der Waals surface area (Å²) in [6, 6.07) is 4.80. The molecule has 1 N–H and O–H groups in total. The Morgan fingerprint density at radius 3 is 2.43 bits per heavy atom. The van der Waals surface area contributed by atoms with Gasteiger partial charge in [-0.25, -0.2) is 4.79 Å². The zero-order valence-corrected chi connectivity index (χ0v) is 17.4. The minimum Gasteiger partial charge on any atom is -0.444 e. The molecule has 0 aliphatic carbocycles. The van der Waals surface area contributed by atoms with E-state index in [1.807, 2.05) is 0 Å². The fourth-order valence-electron chi connectivity index (χ4n) is 2.89. The van der Waals surface area contributed by atoms with Gasteiger partial charge >= 0.3 is 12.5 Å². The van der Waals surface area contributed by atoms with Gasteiger partial charge in [-0.1, -0.05) is 12.1 Å². The molecule has 1 saturated heterocycles. The molecule has 30 heavy (non-hydrogen) atoms. The molecular weight excluding hydrogens is 405 g/mol. The molecule has 10 heteroatoms. The third-order valence-corrected chi connectivity index (χ3v) is 4.26. The van der Waals surface area contributed by atoms with Gasteiger partial charge in [-0.05, 0) is 45.4 Å². The van der Waals surface area contributed by atoms with Crippen molar-refractivity contribution in [2.24, 2.45) is 0 Å². The number of rotatable bonds is 5. The second-order valence-electron chi connectivity index (χ2n) is 8.05. The fourth-order valence-corrected chi connectivity index (χ4v) is 2.89. The lowest BCUT2D eigenvalue weighted by Crippen LogP contribution is -2.54. The van der Waals surface area contributed by atoms with Crippen LogP contribution in [-0.4, -0.2) is 60.7 Å². The number of alkyl halides is 3. The van der Waals surface area contributed by atoms with Gasteiger partial charge < -0.3 is 24.4 Å². The number of alkyl carbamates (subject to hydrolysis) is 1. The Kier molecular flexibility index (Phi) is 7.57. The predicted octanol–water partition coefficient (Wildman–Crippen LogP) is 3.27. The number of amides is 2. The van der Waals surface area contributed by atoms with Gasteiger partial charge in [-0.2, -0.15) is 0 Å². The van der Waals surface area contributed by atoms with E-state index in [2.05, 4.69) is 10.1 Å². The number of nitrogens with zero attached hydrogens (tertiary/aromatic N) is 1. The molecule has 0 radical (unpaired) electrons. The summed E-state index contributed by atoms with van der Waals surface area (Å²) in [5, 5.41) is 2.71. The molecule has 2 atom stereocenters. The molecule has 0 unspecified atom stereocenters. The minimum absolute atomic E-state index is 0.0346. The summed E-state index contributed by atoms with van der Waals surface area (Å²) in [6.07, 6.45) is -5.70. The quantitative estimate of drug-likeness (QED) is 0.773. The number of hydrogen-bond donors (Lipinski definition) is 1. The van der Waals surface area contributed by atoms with Crippen molar-refractivity contribution < 1.29 is 37.0 Å². The van der Waals surface area contributed by atoms with Gasteiger partial charge in [0.25, 0.3) is 0 Å². The SMILES string of the molecule is C[C@H](NC(=O)OC(C)(C)C)[C@@H]1CN(C(=O)Cc2ccc(OC(F)(F)F)cc2)CCO1. The van der Waals surface area contributed by atoms with Crippen LogP contribution in [0.25, 0.3) is 0 Å². The van der Waals surface area contributed by atoms with Crippen LogP contribution in [0.15, 0.2) is 24.3 Å². The first-order valence-electron chi connectivity index (χ1n) is 9.56. The van der Waals surface area contributed by atoms with Crippen LogP contribution >= 0.6 is 0 Å². The number of nitrogens with one attached hydrogen (secondary N) is 1. The Labute approximate surface area is 173 Å². The number of benzene rings is 1. The number of carbonyl (C=O) groups excluding carboxylic acids is 2. The van der Waals surface area contributed by atoms with Crippen molar-refractivity contribution in [1.82, 2.24) is 10.2 Å². The molecule has 0 spiro atoms. The molecule has 1 aliphatic heterocycles. The van der Waals surface area contributed by atoms with Crippen molar-refractivity contribution >= 4 is 12.0 Å². The summed E-state index contributed by atoms with van der Waals surface area (Å²) in [7, 11) is 0. The van der Waals surface area contributed by atoms with Crippen molar-refractivity contribution in [2.75, 3.05) is 19.7 Å². The van der Waals surface area contributed by atoms with E-state index in [-0.39, 0.29) is 30.7 Å². The molecule has 0 bridgehead atoms. The first kappa shape index (κ1) is 23.8. The van der Waals surface area contributed by atoms with Gasteiger partial charge in [0, 0.05) is 13.1 Å². The molecule has 7 nitrogen and oxygen atoms in total. The van der Waals surface area contributed by atoms with Crippen molar-refractivity contribution in [3.8, 4) is 5.75 Å². The minimum atomic E-state index is -4.76. The second kappa shape index (κ2) is 9.55. The third kappa shape index (κ3) is 8.10. The van der Waals surface area contributed by atoms with E-state index >= 15 is 0 Å². The highest BCUT2D eigenvalue weighted by Crippen LogP contribution is 2.23. The maximum atomic E-state index is 12.6. The highest BCUT2D eigenvalue weighted by Gasteiger charge is 2.32. The summed E-state index contributed by atoms with van der Waals surface area (Å²) in [4.78, 5) is 26.2. The largest absolute Gasteiger partial charge is 0.573 e. The average molecular weight is 432 g/mol. The Hall–Kier alpha value is -2.49. The van der Waals surface area contributed by atoms with Crippen LogP contribution in [-0.2, 0) is 20.7 Å². The predicted molar refractivity (Wildman–Crippen MR) is 102 cm³/mol. The molecule has 1 aliphatic rings. The molecule has 1 aromatic rings. The fraction of sp³-hybridized carbons (Fsp3) is 0.600. The normalized spacial score (nSPS) is 18.5. The first-order valence-corrected chi connectivity index (χ1v) is 9.56. The monoisotopic (exact) mass is 432 g/mol. The standard InChI is InChI=1S/C20H27F3N2O5/c1-13(24-18(27)30-19(2,3)4)16-12-25(9-10-28-16)17(26)11-14-5-7-15(8-6-14)29-20(21,22)23/h5-8,13,16H,9-12H2,1-4H3,(H,24,27)/t13-,16-/m0/s1. The summed E-state index contributed by atoms with van der Waals surface area (Å²) >= 11 is 0. The van der Waals surface area contributed by atoms with Gasteiger partial charge in [0.1, 0.15) is 11.4 Å². The van der Waals surface area contributed by atoms with E-state index in [4.69, 9.17) is 9.47 Å². The van der Waals surface area contributed by atoms with Crippen LogP contribution in [0.4, 0.5) is 18.0 Å². The van der Waals surface area contributed by atoms with Crippen LogP contribution in [0.3, 0.4) is 0 Å². The number of halogens is 3. The van der Waals surface area contributed by atoms with Crippen molar-refractivity contribution in [3.63, 3.8) is 0 Å². The second-order valence-corrected chi connectivity index (χ2v) is 8.05. The van der Waals surface area contributed by atoms with Crippen LogP contribution in [0, 0.1) is 0 Å². The molecule has 1 aromatic carbocycles. The molecular formula is C20H27F3N2O5. The van der Waals surface area contributed by atoms with Gasteiger partial charge in [0.05, 0.1) is 25.2 Å². The molecule has 2 rings (SSSR count). The van der Waals surface area contributed by atoms with Crippen LogP contribution in [0.1, 0.15) is 33.3 Å². The topological polar surface area (TPSA) is 77.1 Å². The summed E-state index contributed by atoms with van der Waals surface area (Å²) in [5.41, 5.74) is -0.0580. The number of hydrogen-bond acceptors (Lipinski definition) is 5. The van der Waals surface area contributed by atoms with Gasteiger partial charge in [-0.15, -0.1) is 13.2 Å². The van der Waals surface area contributed by atoms with Gasteiger partial charge in [0.2, 0.25) is 5.91 Å². The summed E-state index contributed by atoms with van der Waals surface area (Å²) < 4.78 is 51.4. The van der Waals surface area contributed by atoms with E-state index in [1.165, 1.54) is 24.3 Å². The van der Waals surface area contributed by atoms with E-state index in [0.717, 1.165) is 0 Å². The number of carbonyl (C=O) groups is 2. The zero-order chi connectivity index (χ0) is 22.5. The number of ether oxygens (including phenoxy) is 3. The van der Waals surface area contributed by atoms with Crippen LogP contribution in [0.5, 0.6) is 5.75 Å². The third-order valence-electron chi connectivity index (χ3n) is 4.26. The summed E-state index contributed by atoms with van der Waals surface area (Å²) in [6.45, 7) is 8.04. The van der Waals surface area contributed by atoms with Crippen molar-refractivity contribution in [1.29, 1.82) is 0 Å². The lowest BCUT2D eigenvalue weighted by Gasteiger charge is -2.36. The Bertz CT molecular complexity index is 731. The maximum absolute atomic E-state index is 12.6. The van der Waals surface area contributed by atoms with Crippen molar-refractivity contribution in [3.05, 3.63) is 29.8 Å². The maximum Gasteiger partial charge on any atom is 0.573 e. The molecule has 168 valence electrons. The van der Waals surface area contributed by atoms with E-state index in [9.17, 15) is 22.8 Å². The molecule has 0 saturated carbocycles. The lowest BCUT2D eigenvalue weighted by atomic mass is 10.1. The lowest BCUT2D eigenvalue weighted by molar-refractivity contribution is -0.274. The Balaban J connectivity index is 1.88. The average Bonchev–Trinajstić information content (AvgIpc) is 2.60. The van der Waals surface area contributed by atoms with E-state index in [0.29, 0.717) is 18.7 Å². The van der Waals surface area contributed by atoms with Crippen LogP contribution in [0.2, 0.25) is 0 Å². The highest BCUT2D eigenvalue weighted by atomic mass is 19.4. The van der Waals surface area contributed by atoms with Crippen molar-refractivity contribution in [2.45, 2.75) is 58.2 Å². The zero-order valence-electron chi connectivity index (χ0n) is 17.4. The van der Waals surface area contributed by atoms with E-state index < -0.39 is 24.2 Å². The highest BCUT2D eigenvalue weighted by molar-refractivity contribution is 5.79. The number of morpholine rings is 1.